The number of aromatic nitrogens is 2. The van der Waals surface area contributed by atoms with E-state index in [0.717, 1.165) is 35.5 Å². The number of hydrogen-bond acceptors (Lipinski definition) is 6. The first-order valence-corrected chi connectivity index (χ1v) is 17.1. The Morgan fingerprint density at radius 3 is 2.22 bits per heavy atom. The lowest BCUT2D eigenvalue weighted by molar-refractivity contribution is -0.118. The average molecular weight is 695 g/mol. The van der Waals surface area contributed by atoms with Crippen LogP contribution in [0.1, 0.15) is 43.1 Å². The number of aryl methyl sites for hydroxylation is 1. The van der Waals surface area contributed by atoms with Gasteiger partial charge >= 0.3 is 0 Å². The highest BCUT2D eigenvalue weighted by Gasteiger charge is 2.24. The second-order valence-corrected chi connectivity index (χ2v) is 11.6. The number of benzene rings is 4. The summed E-state index contributed by atoms with van der Waals surface area (Å²) in [5, 5.41) is 0. The van der Waals surface area contributed by atoms with E-state index in [1.807, 2.05) is 87.2 Å². The molecular weight excluding hydrogens is 647 g/mol. The van der Waals surface area contributed by atoms with Gasteiger partial charge in [-0.15, -0.1) is 0 Å². The molecule has 4 aromatic carbocycles. The molecule has 2 amide bonds. The van der Waals surface area contributed by atoms with Crippen molar-refractivity contribution in [2.24, 2.45) is 22.2 Å². The van der Waals surface area contributed by atoms with Crippen LogP contribution in [0.2, 0.25) is 0 Å². The van der Waals surface area contributed by atoms with Crippen LogP contribution >= 0.6 is 0 Å². The molecule has 268 valence electrons. The molecule has 1 saturated heterocycles. The van der Waals surface area contributed by atoms with Crippen LogP contribution in [0, 0.1) is 12.7 Å². The summed E-state index contributed by atoms with van der Waals surface area (Å²) in [5.74, 6) is 1.26. The number of hydrogen-bond donors (Lipinski definition) is 3. The van der Waals surface area contributed by atoms with Crippen LogP contribution in [-0.4, -0.2) is 64.9 Å². The summed E-state index contributed by atoms with van der Waals surface area (Å²) >= 11 is 0. The largest absolute Gasteiger partial charge is 0.457 e. The molecule has 2 heterocycles. The summed E-state index contributed by atoms with van der Waals surface area (Å²) in [6, 6.07) is 27.0. The van der Waals surface area contributed by atoms with Gasteiger partial charge in [-0.05, 0) is 79.6 Å². The lowest BCUT2D eigenvalue weighted by Crippen LogP contribution is -2.48. The number of imidazole rings is 1. The van der Waals surface area contributed by atoms with Gasteiger partial charge in [0.05, 0.1) is 11.0 Å². The number of amides is 2. The molecule has 11 nitrogen and oxygen atoms in total. The van der Waals surface area contributed by atoms with Crippen LogP contribution in [0.25, 0.3) is 22.4 Å². The first kappa shape index (κ1) is 37.9. The van der Waals surface area contributed by atoms with Crippen molar-refractivity contribution in [3.05, 3.63) is 108 Å². The van der Waals surface area contributed by atoms with E-state index in [9.17, 15) is 14.0 Å². The maximum absolute atomic E-state index is 13.4. The Hall–Kier alpha value is -5.91. The Bertz CT molecular complexity index is 1950. The standard InChI is InChI=1S/C33H30FN5O3.C4H11N3.C2H6/c1-22-5-2-3-8-30(22)42-27-7-4-6-23(19-27)32-36-28-20-24(9-14-29(28)39(32)21-31(35)40)33(41)38-17-15-37(16-18-38)26-12-10-25(34)11-13-26;1-2-3-7-4(5)6;1-2/h2-14,19-20H,15-18,21H2,1H3,(H2,35,40);2-3H2,1H3,(H4,5,6,7);1-2H3. The van der Waals surface area contributed by atoms with E-state index in [0.29, 0.717) is 54.3 Å². The topological polar surface area (TPSA) is 158 Å². The van der Waals surface area contributed by atoms with Crippen molar-refractivity contribution in [2.75, 3.05) is 37.6 Å². The van der Waals surface area contributed by atoms with E-state index in [4.69, 9.17) is 26.9 Å². The van der Waals surface area contributed by atoms with Crippen LogP contribution in [0.4, 0.5) is 10.1 Å². The van der Waals surface area contributed by atoms with Crippen LogP contribution < -0.4 is 26.8 Å². The maximum Gasteiger partial charge on any atom is 0.254 e. The van der Waals surface area contributed by atoms with Crippen molar-refractivity contribution in [2.45, 2.75) is 40.7 Å². The minimum atomic E-state index is -0.498. The molecule has 0 radical (unpaired) electrons. The quantitative estimate of drug-likeness (QED) is 0.125. The fourth-order valence-corrected chi connectivity index (χ4v) is 5.54. The molecule has 1 aliphatic heterocycles. The molecular formula is C39H47FN8O3. The van der Waals surface area contributed by atoms with E-state index < -0.39 is 5.91 Å². The van der Waals surface area contributed by atoms with E-state index in [1.54, 1.807) is 28.8 Å². The van der Waals surface area contributed by atoms with E-state index in [2.05, 4.69) is 9.89 Å². The molecule has 0 unspecified atom stereocenters. The Balaban J connectivity index is 0.000000581. The van der Waals surface area contributed by atoms with Crippen molar-refractivity contribution in [1.29, 1.82) is 0 Å². The molecule has 1 aromatic heterocycles. The van der Waals surface area contributed by atoms with E-state index >= 15 is 0 Å². The first-order chi connectivity index (χ1) is 24.6. The number of fused-ring (bicyclic) bond motifs is 1. The highest BCUT2D eigenvalue weighted by Crippen LogP contribution is 2.31. The molecule has 5 aromatic rings. The minimum Gasteiger partial charge on any atom is -0.457 e. The summed E-state index contributed by atoms with van der Waals surface area (Å²) in [7, 11) is 0. The number of nitrogens with zero attached hydrogens (tertiary/aromatic N) is 5. The van der Waals surface area contributed by atoms with Crippen LogP contribution in [0.5, 0.6) is 11.5 Å². The van der Waals surface area contributed by atoms with Gasteiger partial charge in [0.1, 0.15) is 29.7 Å². The first-order valence-electron chi connectivity index (χ1n) is 17.1. The number of ether oxygens (including phenoxy) is 1. The van der Waals surface area contributed by atoms with Gasteiger partial charge in [0.15, 0.2) is 5.96 Å². The molecule has 0 saturated carbocycles. The lowest BCUT2D eigenvalue weighted by atomic mass is 10.1. The number of halogens is 1. The molecule has 0 bridgehead atoms. The number of para-hydroxylation sites is 1. The van der Waals surface area contributed by atoms with Gasteiger partial charge in [-0.2, -0.15) is 0 Å². The Labute approximate surface area is 298 Å². The van der Waals surface area contributed by atoms with Gasteiger partial charge < -0.3 is 36.3 Å². The van der Waals surface area contributed by atoms with Crippen LogP contribution in [0.15, 0.2) is 96.0 Å². The molecule has 6 N–H and O–H groups in total. The normalized spacial score (nSPS) is 12.3. The monoisotopic (exact) mass is 694 g/mol. The maximum atomic E-state index is 13.4. The summed E-state index contributed by atoms with van der Waals surface area (Å²) in [6.45, 7) is 11.1. The number of rotatable bonds is 9. The van der Waals surface area contributed by atoms with Crippen LogP contribution in [-0.2, 0) is 11.3 Å². The summed E-state index contributed by atoms with van der Waals surface area (Å²) in [4.78, 5) is 38.0. The smallest absolute Gasteiger partial charge is 0.254 e. The molecule has 1 aliphatic rings. The highest BCUT2D eigenvalue weighted by atomic mass is 19.1. The average Bonchev–Trinajstić information content (AvgIpc) is 3.50. The number of primary amides is 1. The van der Waals surface area contributed by atoms with Crippen molar-refractivity contribution in [1.82, 2.24) is 14.5 Å². The van der Waals surface area contributed by atoms with Gasteiger partial charge in [0, 0.05) is 49.5 Å². The van der Waals surface area contributed by atoms with Crippen LogP contribution in [0.3, 0.4) is 0 Å². The predicted octanol–water partition coefficient (Wildman–Crippen LogP) is 6.09. The second-order valence-electron chi connectivity index (χ2n) is 11.6. The zero-order chi connectivity index (χ0) is 36.9. The zero-order valence-corrected chi connectivity index (χ0v) is 29.7. The van der Waals surface area contributed by atoms with Gasteiger partial charge in [0.25, 0.3) is 5.91 Å². The fraction of sp³-hybridized carbons (Fsp3) is 0.282. The number of carbonyl (C=O) groups excluding carboxylic acids is 2. The molecule has 12 heteroatoms. The lowest BCUT2D eigenvalue weighted by Gasteiger charge is -2.36. The van der Waals surface area contributed by atoms with Crippen molar-refractivity contribution < 1.29 is 18.7 Å². The molecule has 6 rings (SSSR count). The predicted molar refractivity (Wildman–Crippen MR) is 202 cm³/mol. The van der Waals surface area contributed by atoms with Gasteiger partial charge in [0.2, 0.25) is 5.91 Å². The molecule has 0 atom stereocenters. The number of piperazine rings is 1. The third kappa shape index (κ3) is 10.1. The second kappa shape index (κ2) is 18.2. The van der Waals surface area contributed by atoms with Crippen molar-refractivity contribution in [3.8, 4) is 22.9 Å². The number of aliphatic imine (C=N–C) groups is 1. The summed E-state index contributed by atoms with van der Waals surface area (Å²) < 4.78 is 21.2. The SMILES string of the molecule is CC.CCCN=C(N)N.Cc1ccccc1Oc1cccc(-c2nc3cc(C(=O)N4CCN(c5ccc(F)cc5)CC4)ccc3n2CC(N)=O)c1. The molecule has 1 fully saturated rings. The Morgan fingerprint density at radius 2 is 1.59 bits per heavy atom. The Kier molecular flexibility index (Phi) is 13.5. The molecule has 0 spiro atoms. The van der Waals surface area contributed by atoms with Gasteiger partial charge in [-0.3, -0.25) is 14.6 Å². The number of guanidine groups is 1. The third-order valence-corrected chi connectivity index (χ3v) is 8.00. The molecule has 51 heavy (non-hydrogen) atoms. The summed E-state index contributed by atoms with van der Waals surface area (Å²) in [6.07, 6.45) is 0.998. The third-order valence-electron chi connectivity index (χ3n) is 8.00. The highest BCUT2D eigenvalue weighted by molar-refractivity contribution is 5.98. The fourth-order valence-electron chi connectivity index (χ4n) is 5.54. The van der Waals surface area contributed by atoms with Gasteiger partial charge in [-0.25, -0.2) is 9.37 Å². The van der Waals surface area contributed by atoms with Crippen molar-refractivity contribution >= 4 is 34.5 Å². The summed E-state index contributed by atoms with van der Waals surface area (Å²) in [5.41, 5.74) is 20.1. The molecule has 0 aliphatic carbocycles. The minimum absolute atomic E-state index is 0.0622. The number of carbonyl (C=O) groups is 2. The van der Waals surface area contributed by atoms with E-state index in [-0.39, 0.29) is 24.2 Å². The van der Waals surface area contributed by atoms with E-state index in [1.165, 1.54) is 12.1 Å². The number of anilines is 1. The van der Waals surface area contributed by atoms with Gasteiger partial charge in [-0.1, -0.05) is 51.1 Å². The number of nitrogens with two attached hydrogens (primary N) is 3. The Morgan fingerprint density at radius 1 is 0.882 bits per heavy atom. The zero-order valence-electron chi connectivity index (χ0n) is 29.7. The van der Waals surface area contributed by atoms with Crippen molar-refractivity contribution in [3.63, 3.8) is 0 Å².